The molecule has 3 aliphatic rings. The van der Waals surface area contributed by atoms with Gasteiger partial charge in [0.05, 0.1) is 0 Å². The van der Waals surface area contributed by atoms with Gasteiger partial charge in [0.1, 0.15) is 0 Å². The van der Waals surface area contributed by atoms with Crippen LogP contribution in [0.25, 0.3) is 0 Å². The van der Waals surface area contributed by atoms with Gasteiger partial charge in [-0.15, -0.1) is 0 Å². The van der Waals surface area contributed by atoms with Crippen LogP contribution in [0.4, 0.5) is 0 Å². The average molecular weight is 236 g/mol. The topological polar surface area (TPSA) is 46.3 Å². The number of likely N-dealkylation sites (tertiary alicyclic amines) is 1. The maximum absolute atomic E-state index is 12.5. The maximum Gasteiger partial charge on any atom is 0.226 e. The summed E-state index contributed by atoms with van der Waals surface area (Å²) < 4.78 is 0. The highest BCUT2D eigenvalue weighted by Crippen LogP contribution is 2.56. The minimum atomic E-state index is 0.176. The molecule has 0 radical (unpaired) electrons. The summed E-state index contributed by atoms with van der Waals surface area (Å²) in [5.74, 6) is 2.30. The third-order valence-corrected chi connectivity index (χ3v) is 5.30. The van der Waals surface area contributed by atoms with Gasteiger partial charge in [-0.2, -0.15) is 0 Å². The van der Waals surface area contributed by atoms with Crippen LogP contribution in [-0.2, 0) is 4.79 Å². The molecule has 3 atom stereocenters. The number of fused-ring (bicyclic) bond motifs is 1. The molecule has 0 aromatic heterocycles. The van der Waals surface area contributed by atoms with Crippen LogP contribution < -0.4 is 5.73 Å². The SMILES string of the molecule is CC1(CN)CCN(C(=O)C2C3CCCCC32)C1. The van der Waals surface area contributed by atoms with Crippen LogP contribution in [0.1, 0.15) is 39.0 Å². The second-order valence-corrected chi connectivity index (χ2v) is 6.66. The van der Waals surface area contributed by atoms with E-state index < -0.39 is 0 Å². The number of rotatable bonds is 2. The van der Waals surface area contributed by atoms with E-state index in [1.165, 1.54) is 25.7 Å². The lowest BCUT2D eigenvalue weighted by Gasteiger charge is -2.22. The van der Waals surface area contributed by atoms with Gasteiger partial charge < -0.3 is 10.6 Å². The van der Waals surface area contributed by atoms with Crippen molar-refractivity contribution in [1.82, 2.24) is 4.90 Å². The number of carbonyl (C=O) groups excluding carboxylic acids is 1. The van der Waals surface area contributed by atoms with E-state index in [0.29, 0.717) is 18.4 Å². The van der Waals surface area contributed by atoms with Gasteiger partial charge in [0.15, 0.2) is 0 Å². The Kier molecular flexibility index (Phi) is 2.69. The third-order valence-electron chi connectivity index (χ3n) is 5.30. The first-order chi connectivity index (χ1) is 8.14. The van der Waals surface area contributed by atoms with Crippen molar-refractivity contribution in [2.45, 2.75) is 39.0 Å². The van der Waals surface area contributed by atoms with E-state index in [0.717, 1.165) is 31.3 Å². The van der Waals surface area contributed by atoms with E-state index in [1.54, 1.807) is 0 Å². The van der Waals surface area contributed by atoms with E-state index >= 15 is 0 Å². The van der Waals surface area contributed by atoms with E-state index in [2.05, 4.69) is 11.8 Å². The smallest absolute Gasteiger partial charge is 0.226 e. The van der Waals surface area contributed by atoms with Crippen molar-refractivity contribution in [2.24, 2.45) is 28.9 Å². The van der Waals surface area contributed by atoms with Crippen molar-refractivity contribution in [3.63, 3.8) is 0 Å². The Balaban J connectivity index is 1.61. The van der Waals surface area contributed by atoms with Crippen molar-refractivity contribution in [1.29, 1.82) is 0 Å². The molecule has 3 rings (SSSR count). The summed E-state index contributed by atoms with van der Waals surface area (Å²) in [4.78, 5) is 14.6. The molecule has 3 heteroatoms. The molecule has 0 bridgehead atoms. The monoisotopic (exact) mass is 236 g/mol. The summed E-state index contributed by atoms with van der Waals surface area (Å²) >= 11 is 0. The largest absolute Gasteiger partial charge is 0.342 e. The molecule has 3 nitrogen and oxygen atoms in total. The second kappa shape index (κ2) is 3.98. The van der Waals surface area contributed by atoms with E-state index in [1.807, 2.05) is 0 Å². The zero-order valence-electron chi connectivity index (χ0n) is 10.8. The molecule has 3 fully saturated rings. The first-order valence-electron chi connectivity index (χ1n) is 7.13. The normalized spacial score (nSPS) is 44.6. The summed E-state index contributed by atoms with van der Waals surface area (Å²) in [6, 6.07) is 0. The lowest BCUT2D eigenvalue weighted by atomic mass is 9.90. The fourth-order valence-corrected chi connectivity index (χ4v) is 3.95. The van der Waals surface area contributed by atoms with Gasteiger partial charge in [-0.3, -0.25) is 4.79 Å². The van der Waals surface area contributed by atoms with Crippen LogP contribution in [0.5, 0.6) is 0 Å². The minimum absolute atomic E-state index is 0.176. The van der Waals surface area contributed by atoms with Crippen molar-refractivity contribution in [3.8, 4) is 0 Å². The highest BCUT2D eigenvalue weighted by atomic mass is 16.2. The van der Waals surface area contributed by atoms with Crippen molar-refractivity contribution in [2.75, 3.05) is 19.6 Å². The molecule has 1 aliphatic heterocycles. The summed E-state index contributed by atoms with van der Waals surface area (Å²) in [5, 5.41) is 0. The summed E-state index contributed by atoms with van der Waals surface area (Å²) in [6.45, 7) is 4.73. The third kappa shape index (κ3) is 1.88. The Morgan fingerprint density at radius 3 is 2.53 bits per heavy atom. The minimum Gasteiger partial charge on any atom is -0.342 e. The molecule has 1 saturated heterocycles. The quantitative estimate of drug-likeness (QED) is 0.792. The summed E-state index contributed by atoms with van der Waals surface area (Å²) in [7, 11) is 0. The van der Waals surface area contributed by atoms with Crippen LogP contribution in [-0.4, -0.2) is 30.4 Å². The van der Waals surface area contributed by atoms with Gasteiger partial charge in [-0.1, -0.05) is 19.8 Å². The predicted octanol–water partition coefficient (Wildman–Crippen LogP) is 1.62. The lowest BCUT2D eigenvalue weighted by molar-refractivity contribution is -0.132. The Morgan fingerprint density at radius 1 is 1.35 bits per heavy atom. The number of amides is 1. The van der Waals surface area contributed by atoms with Crippen LogP contribution in [0.15, 0.2) is 0 Å². The first kappa shape index (κ1) is 11.5. The molecule has 0 aromatic carbocycles. The predicted molar refractivity (Wildman–Crippen MR) is 67.3 cm³/mol. The number of nitrogens with zero attached hydrogens (tertiary/aromatic N) is 1. The lowest BCUT2D eigenvalue weighted by Crippen LogP contribution is -2.35. The highest BCUT2D eigenvalue weighted by Gasteiger charge is 2.56. The van der Waals surface area contributed by atoms with E-state index in [9.17, 15) is 4.79 Å². The van der Waals surface area contributed by atoms with Gasteiger partial charge in [-0.25, -0.2) is 0 Å². The molecule has 2 N–H and O–H groups in total. The summed E-state index contributed by atoms with van der Waals surface area (Å²) in [5.41, 5.74) is 5.98. The molecular weight excluding hydrogens is 212 g/mol. The molecular formula is C14H24N2O. The van der Waals surface area contributed by atoms with Crippen LogP contribution in [0.2, 0.25) is 0 Å². The highest BCUT2D eigenvalue weighted by molar-refractivity contribution is 5.82. The Labute approximate surface area is 104 Å². The molecule has 3 unspecified atom stereocenters. The maximum atomic E-state index is 12.5. The Hall–Kier alpha value is -0.570. The molecule has 0 aromatic rings. The van der Waals surface area contributed by atoms with E-state index in [4.69, 9.17) is 5.73 Å². The van der Waals surface area contributed by atoms with Gasteiger partial charge in [0, 0.05) is 19.0 Å². The zero-order chi connectivity index (χ0) is 12.0. The van der Waals surface area contributed by atoms with Crippen LogP contribution in [0.3, 0.4) is 0 Å². The first-order valence-corrected chi connectivity index (χ1v) is 7.13. The average Bonchev–Trinajstić information content (AvgIpc) is 2.95. The molecule has 0 spiro atoms. The number of carbonyl (C=O) groups is 1. The molecule has 1 heterocycles. The molecule has 96 valence electrons. The van der Waals surface area contributed by atoms with Crippen molar-refractivity contribution < 1.29 is 4.79 Å². The van der Waals surface area contributed by atoms with Gasteiger partial charge >= 0.3 is 0 Å². The van der Waals surface area contributed by atoms with Gasteiger partial charge in [0.2, 0.25) is 5.91 Å². The number of hydrogen-bond donors (Lipinski definition) is 1. The summed E-state index contributed by atoms with van der Waals surface area (Å²) in [6.07, 6.45) is 6.35. The molecule has 2 saturated carbocycles. The van der Waals surface area contributed by atoms with Crippen molar-refractivity contribution >= 4 is 5.91 Å². The van der Waals surface area contributed by atoms with Crippen LogP contribution in [0, 0.1) is 23.2 Å². The zero-order valence-corrected chi connectivity index (χ0v) is 10.8. The van der Waals surface area contributed by atoms with Gasteiger partial charge in [0.25, 0.3) is 0 Å². The number of nitrogens with two attached hydrogens (primary N) is 1. The fraction of sp³-hybridized carbons (Fsp3) is 0.929. The standard InChI is InChI=1S/C14H24N2O/c1-14(8-15)6-7-16(9-14)13(17)12-10-4-2-3-5-11(10)12/h10-12H,2-9,15H2,1H3. The number of hydrogen-bond acceptors (Lipinski definition) is 2. The van der Waals surface area contributed by atoms with Gasteiger partial charge in [-0.05, 0) is 43.1 Å². The van der Waals surface area contributed by atoms with Crippen molar-refractivity contribution in [3.05, 3.63) is 0 Å². The second-order valence-electron chi connectivity index (χ2n) is 6.66. The molecule has 1 amide bonds. The van der Waals surface area contributed by atoms with E-state index in [-0.39, 0.29) is 5.41 Å². The Bertz CT molecular complexity index is 318. The molecule has 2 aliphatic carbocycles. The molecule has 17 heavy (non-hydrogen) atoms. The Morgan fingerprint density at radius 2 is 2.00 bits per heavy atom. The fourth-order valence-electron chi connectivity index (χ4n) is 3.95. The van der Waals surface area contributed by atoms with Crippen LogP contribution >= 0.6 is 0 Å².